The number of hydrogen-bond acceptors (Lipinski definition) is 1. The summed E-state index contributed by atoms with van der Waals surface area (Å²) in [6.45, 7) is 4.79. The Bertz CT molecular complexity index is 3760. The van der Waals surface area contributed by atoms with Crippen LogP contribution >= 0.6 is 0 Å². The average Bonchev–Trinajstić information content (AvgIpc) is 4.02. The number of rotatable bonds is 8. The standard InChI is InChI=1S/C73H59N/c1-72(2)68-21-10-8-18-64(68)67-20-12-19-66(71(67)72)62-16-7-6-15-61(62)55-33-37-59(38-34-55)74(58-35-31-54(32-36-58)53-29-27-52(28-30-53)51-25-23-50(24-26-51)49-13-4-3-5-14-49)60-39-40-65-63-17-9-11-22-69(63)73(70(65)46-60)56-42-47-41-48(44-56)45-57(73)43-47/h3-40,46-48,56-57H,41-45H2,1-2H3. The molecule has 0 atom stereocenters. The van der Waals surface area contributed by atoms with Crippen LogP contribution in [-0.2, 0) is 10.8 Å². The van der Waals surface area contributed by atoms with E-state index in [9.17, 15) is 0 Å². The molecule has 1 heteroatoms. The van der Waals surface area contributed by atoms with Crippen molar-refractivity contribution in [1.29, 1.82) is 0 Å². The lowest BCUT2D eigenvalue weighted by atomic mass is 9.43. The highest BCUT2D eigenvalue weighted by Crippen LogP contribution is 2.69. The van der Waals surface area contributed by atoms with Gasteiger partial charge in [-0.1, -0.05) is 214 Å². The Morgan fingerprint density at radius 3 is 1.26 bits per heavy atom. The first-order valence-electron chi connectivity index (χ1n) is 27.2. The van der Waals surface area contributed by atoms with E-state index < -0.39 is 0 Å². The second kappa shape index (κ2) is 16.8. The van der Waals surface area contributed by atoms with Crippen molar-refractivity contribution in [3.63, 3.8) is 0 Å². The maximum atomic E-state index is 2.63. The van der Waals surface area contributed by atoms with Gasteiger partial charge in [0.05, 0.1) is 0 Å². The minimum atomic E-state index is -0.110. The summed E-state index contributed by atoms with van der Waals surface area (Å²) >= 11 is 0. The van der Waals surface area contributed by atoms with E-state index in [4.69, 9.17) is 0 Å². The maximum Gasteiger partial charge on any atom is 0.0465 e. The SMILES string of the molecule is CC1(C)c2ccccc2-c2cccc(-c3ccccc3-c3ccc(N(c4ccc(-c5ccc(-c6ccc(-c7ccccc7)cc6)cc5)cc4)c4ccc5c(c4)C4(c6ccccc6-5)C5CC6CC(C5)CC4C6)cc3)c21. The molecule has 6 aliphatic carbocycles. The van der Waals surface area contributed by atoms with Crippen LogP contribution in [0.4, 0.5) is 17.1 Å². The number of nitrogens with zero attached hydrogens (tertiary/aromatic N) is 1. The fourth-order valence-electron chi connectivity index (χ4n) is 15.7. The molecule has 6 aliphatic rings. The highest BCUT2D eigenvalue weighted by Gasteiger charge is 2.61. The predicted molar refractivity (Wildman–Crippen MR) is 309 cm³/mol. The van der Waals surface area contributed by atoms with Gasteiger partial charge in [0.2, 0.25) is 0 Å². The van der Waals surface area contributed by atoms with Crippen molar-refractivity contribution < 1.29 is 0 Å². The van der Waals surface area contributed by atoms with Gasteiger partial charge < -0.3 is 4.90 Å². The molecule has 1 spiro atoms. The Balaban J connectivity index is 0.813. The Morgan fingerprint density at radius 2 is 0.689 bits per heavy atom. The number of hydrogen-bond donors (Lipinski definition) is 0. The van der Waals surface area contributed by atoms with Gasteiger partial charge in [0.15, 0.2) is 0 Å². The molecular weight excluding hydrogens is 891 g/mol. The zero-order valence-corrected chi connectivity index (χ0v) is 42.3. The molecule has 0 aromatic heterocycles. The van der Waals surface area contributed by atoms with Crippen LogP contribution in [0.15, 0.2) is 237 Å². The van der Waals surface area contributed by atoms with Gasteiger partial charge in [-0.05, 0) is 192 Å². The van der Waals surface area contributed by atoms with E-state index in [-0.39, 0.29) is 10.8 Å². The second-order valence-electron chi connectivity index (χ2n) is 22.8. The number of anilines is 3. The molecule has 4 fully saturated rings. The van der Waals surface area contributed by atoms with Crippen LogP contribution in [0.25, 0.3) is 77.9 Å². The zero-order valence-electron chi connectivity index (χ0n) is 42.3. The molecule has 0 radical (unpaired) electrons. The van der Waals surface area contributed by atoms with Gasteiger partial charge in [-0.15, -0.1) is 0 Å². The zero-order chi connectivity index (χ0) is 49.1. The molecule has 4 saturated carbocycles. The average molecular weight is 950 g/mol. The molecule has 16 rings (SSSR count). The largest absolute Gasteiger partial charge is 0.310 e. The Morgan fingerprint density at radius 1 is 0.297 bits per heavy atom. The van der Waals surface area contributed by atoms with E-state index in [1.807, 2.05) is 0 Å². The molecule has 0 heterocycles. The molecule has 74 heavy (non-hydrogen) atoms. The summed E-state index contributed by atoms with van der Waals surface area (Å²) < 4.78 is 0. The van der Waals surface area contributed by atoms with Crippen LogP contribution in [0.1, 0.15) is 68.2 Å². The van der Waals surface area contributed by atoms with Crippen molar-refractivity contribution in [2.75, 3.05) is 4.90 Å². The lowest BCUT2D eigenvalue weighted by Gasteiger charge is -2.61. The van der Waals surface area contributed by atoms with Gasteiger partial charge in [-0.3, -0.25) is 0 Å². The number of fused-ring (bicyclic) bond motifs is 6. The molecule has 1 nitrogen and oxygen atoms in total. The molecule has 4 bridgehead atoms. The van der Waals surface area contributed by atoms with Crippen molar-refractivity contribution in [3.8, 4) is 77.9 Å². The Kier molecular flexibility index (Phi) is 9.87. The molecular formula is C73H59N. The van der Waals surface area contributed by atoms with Crippen molar-refractivity contribution in [1.82, 2.24) is 0 Å². The van der Waals surface area contributed by atoms with Gasteiger partial charge in [0.25, 0.3) is 0 Å². The summed E-state index contributed by atoms with van der Waals surface area (Å²) in [7, 11) is 0. The van der Waals surface area contributed by atoms with Crippen LogP contribution in [0, 0.1) is 23.7 Å². The van der Waals surface area contributed by atoms with Crippen molar-refractivity contribution in [3.05, 3.63) is 259 Å². The lowest BCUT2D eigenvalue weighted by molar-refractivity contribution is -0.0399. The summed E-state index contributed by atoms with van der Waals surface area (Å²) in [4.78, 5) is 2.53. The van der Waals surface area contributed by atoms with E-state index in [0.717, 1.165) is 23.2 Å². The van der Waals surface area contributed by atoms with Crippen LogP contribution in [0.3, 0.4) is 0 Å². The van der Waals surface area contributed by atoms with Crippen molar-refractivity contribution in [2.24, 2.45) is 23.7 Å². The first-order valence-corrected chi connectivity index (χ1v) is 27.2. The van der Waals surface area contributed by atoms with Crippen LogP contribution in [-0.4, -0.2) is 0 Å². The van der Waals surface area contributed by atoms with Gasteiger partial charge >= 0.3 is 0 Å². The van der Waals surface area contributed by atoms with E-state index in [1.165, 1.54) is 127 Å². The third-order valence-electron chi connectivity index (χ3n) is 18.7. The molecule has 0 N–H and O–H groups in total. The van der Waals surface area contributed by atoms with Gasteiger partial charge in [0, 0.05) is 27.9 Å². The summed E-state index contributed by atoms with van der Waals surface area (Å²) in [5, 5.41) is 0. The van der Waals surface area contributed by atoms with Gasteiger partial charge in [-0.25, -0.2) is 0 Å². The Labute approximate surface area is 436 Å². The molecule has 10 aromatic rings. The van der Waals surface area contributed by atoms with Crippen molar-refractivity contribution >= 4 is 17.1 Å². The predicted octanol–water partition coefficient (Wildman–Crippen LogP) is 19.5. The van der Waals surface area contributed by atoms with E-state index in [2.05, 4.69) is 255 Å². The van der Waals surface area contributed by atoms with Gasteiger partial charge in [-0.2, -0.15) is 0 Å². The Hall–Kier alpha value is -8.00. The quantitative estimate of drug-likeness (QED) is 0.147. The minimum absolute atomic E-state index is 0.0854. The third kappa shape index (κ3) is 6.61. The molecule has 0 saturated heterocycles. The summed E-state index contributed by atoms with van der Waals surface area (Å²) in [6, 6.07) is 89.3. The number of benzene rings is 10. The fourth-order valence-corrected chi connectivity index (χ4v) is 15.7. The normalized spacial score (nSPS) is 21.0. The third-order valence-corrected chi connectivity index (χ3v) is 18.7. The van der Waals surface area contributed by atoms with E-state index in [1.54, 1.807) is 11.1 Å². The van der Waals surface area contributed by atoms with Crippen LogP contribution < -0.4 is 4.90 Å². The van der Waals surface area contributed by atoms with E-state index in [0.29, 0.717) is 11.8 Å². The topological polar surface area (TPSA) is 3.24 Å². The monoisotopic (exact) mass is 949 g/mol. The lowest BCUT2D eigenvalue weighted by Crippen LogP contribution is -2.55. The molecule has 356 valence electrons. The van der Waals surface area contributed by atoms with E-state index >= 15 is 0 Å². The molecule has 10 aromatic carbocycles. The van der Waals surface area contributed by atoms with Crippen LogP contribution in [0.2, 0.25) is 0 Å². The van der Waals surface area contributed by atoms with Gasteiger partial charge in [0.1, 0.15) is 0 Å². The highest BCUT2D eigenvalue weighted by atomic mass is 15.1. The van der Waals surface area contributed by atoms with Crippen LogP contribution in [0.5, 0.6) is 0 Å². The molecule has 0 unspecified atom stereocenters. The summed E-state index contributed by atoms with van der Waals surface area (Å²) in [5.74, 6) is 3.20. The minimum Gasteiger partial charge on any atom is -0.310 e. The molecule has 0 aliphatic heterocycles. The molecule has 0 amide bonds. The fraction of sp³-hybridized carbons (Fsp3) is 0.178. The first kappa shape index (κ1) is 43.6. The first-order chi connectivity index (χ1) is 36.4. The van der Waals surface area contributed by atoms with Crippen molar-refractivity contribution in [2.45, 2.75) is 56.8 Å². The summed E-state index contributed by atoms with van der Waals surface area (Å²) in [5.41, 5.74) is 27.6. The summed E-state index contributed by atoms with van der Waals surface area (Å²) in [6.07, 6.45) is 6.94. The smallest absolute Gasteiger partial charge is 0.0465 e. The maximum absolute atomic E-state index is 2.63. The second-order valence-corrected chi connectivity index (χ2v) is 22.8. The highest BCUT2D eigenvalue weighted by molar-refractivity contribution is 5.94.